The van der Waals surface area contributed by atoms with Crippen LogP contribution in [0.1, 0.15) is 30.4 Å². The van der Waals surface area contributed by atoms with Gasteiger partial charge in [0.05, 0.1) is 10.6 Å². The molecule has 2 bridgehead atoms. The molecule has 0 unspecified atom stereocenters. The zero-order valence-electron chi connectivity index (χ0n) is 13.9. The molecule has 2 aromatic carbocycles. The number of halogens is 2. The van der Waals surface area contributed by atoms with Gasteiger partial charge in [0.1, 0.15) is 11.6 Å². The van der Waals surface area contributed by atoms with Crippen molar-refractivity contribution >= 4 is 23.0 Å². The van der Waals surface area contributed by atoms with Gasteiger partial charge in [0, 0.05) is 11.8 Å². The number of ketones is 1. The minimum atomic E-state index is -0.477. The first-order chi connectivity index (χ1) is 12.0. The van der Waals surface area contributed by atoms with E-state index in [9.17, 15) is 14.3 Å². The van der Waals surface area contributed by atoms with Crippen LogP contribution < -0.4 is 0 Å². The normalized spacial score (nSPS) is 22.6. The van der Waals surface area contributed by atoms with Crippen molar-refractivity contribution in [2.75, 3.05) is 0 Å². The molecule has 2 aliphatic carbocycles. The van der Waals surface area contributed by atoms with Crippen molar-refractivity contribution < 1.29 is 14.3 Å². The van der Waals surface area contributed by atoms with Crippen LogP contribution >= 0.6 is 11.6 Å². The number of hydrogen-bond acceptors (Lipinski definition) is 2. The molecule has 0 spiro atoms. The first kappa shape index (κ1) is 16.3. The average molecular weight is 357 g/mol. The molecule has 1 fully saturated rings. The lowest BCUT2D eigenvalue weighted by Gasteiger charge is -2.23. The van der Waals surface area contributed by atoms with Crippen molar-refractivity contribution in [1.29, 1.82) is 0 Å². The van der Waals surface area contributed by atoms with Gasteiger partial charge in [-0.25, -0.2) is 4.39 Å². The monoisotopic (exact) mass is 356 g/mol. The van der Waals surface area contributed by atoms with Gasteiger partial charge in [0.15, 0.2) is 5.78 Å². The van der Waals surface area contributed by atoms with Gasteiger partial charge in [-0.05, 0) is 66.6 Å². The summed E-state index contributed by atoms with van der Waals surface area (Å²) in [6, 6.07) is 10.3. The maximum absolute atomic E-state index is 13.8. The maximum Gasteiger partial charge on any atom is 0.169 e. The SMILES string of the molecule is Cc1ccc(-c2ccc(Cl)c(F)c2)cc1C1=C(O)[C@H]2CC[C@H](C2)C1=O. The Bertz CT molecular complexity index is 916. The van der Waals surface area contributed by atoms with E-state index in [4.69, 9.17) is 11.6 Å². The van der Waals surface area contributed by atoms with Crippen LogP contribution in [0.15, 0.2) is 42.2 Å². The Morgan fingerprint density at radius 3 is 2.52 bits per heavy atom. The highest BCUT2D eigenvalue weighted by Crippen LogP contribution is 2.46. The van der Waals surface area contributed by atoms with Gasteiger partial charge in [-0.2, -0.15) is 0 Å². The van der Waals surface area contributed by atoms with E-state index in [0.29, 0.717) is 11.1 Å². The average Bonchev–Trinajstić information content (AvgIpc) is 3.05. The van der Waals surface area contributed by atoms with Gasteiger partial charge in [-0.3, -0.25) is 4.79 Å². The standard InChI is InChI=1S/C21H18ClFO2/c1-11-2-3-12(13-6-7-17(22)18(23)10-13)9-16(11)19-20(24)14-4-5-15(8-14)21(19)25/h2-3,6-7,9-10,14-15,24H,4-5,8H2,1H3/t14-,15+/m0/s1. The summed E-state index contributed by atoms with van der Waals surface area (Å²) >= 11 is 5.76. The largest absolute Gasteiger partial charge is 0.511 e. The molecule has 2 aromatic rings. The Balaban J connectivity index is 1.84. The predicted octanol–water partition coefficient (Wildman–Crippen LogP) is 5.72. The molecule has 0 amide bonds. The molecule has 2 aliphatic rings. The van der Waals surface area contributed by atoms with Crippen LogP contribution in [0.5, 0.6) is 0 Å². The second-order valence-corrected chi connectivity index (χ2v) is 7.40. The molecule has 0 aromatic heterocycles. The number of aliphatic hydroxyl groups is 1. The highest BCUT2D eigenvalue weighted by Gasteiger charge is 2.41. The highest BCUT2D eigenvalue weighted by atomic mass is 35.5. The Labute approximate surface area is 150 Å². The van der Waals surface area contributed by atoms with Crippen molar-refractivity contribution in [3.05, 3.63) is 64.1 Å². The van der Waals surface area contributed by atoms with E-state index in [2.05, 4.69) is 0 Å². The molecular weight excluding hydrogens is 339 g/mol. The molecule has 4 rings (SSSR count). The number of benzene rings is 2. The third kappa shape index (κ3) is 2.67. The number of hydrogen-bond donors (Lipinski definition) is 1. The van der Waals surface area contributed by atoms with Crippen LogP contribution in [0, 0.1) is 24.6 Å². The fourth-order valence-corrected chi connectivity index (χ4v) is 4.14. The lowest BCUT2D eigenvalue weighted by atomic mass is 9.81. The minimum absolute atomic E-state index is 0.0203. The Morgan fingerprint density at radius 1 is 1.08 bits per heavy atom. The van der Waals surface area contributed by atoms with E-state index in [0.717, 1.165) is 36.0 Å². The second-order valence-electron chi connectivity index (χ2n) is 6.99. The van der Waals surface area contributed by atoms with Gasteiger partial charge in [0.25, 0.3) is 0 Å². The molecule has 0 aliphatic heterocycles. The van der Waals surface area contributed by atoms with Crippen LogP contribution in [-0.4, -0.2) is 10.9 Å². The number of carbonyl (C=O) groups excluding carboxylic acids is 1. The number of aryl methyl sites for hydroxylation is 1. The maximum atomic E-state index is 13.8. The summed E-state index contributed by atoms with van der Waals surface area (Å²) < 4.78 is 13.8. The Hall–Kier alpha value is -2.13. The zero-order chi connectivity index (χ0) is 17.7. The molecule has 1 saturated carbocycles. The van der Waals surface area contributed by atoms with E-state index in [1.54, 1.807) is 6.07 Å². The Kier molecular flexibility index (Phi) is 3.92. The number of rotatable bonds is 2. The van der Waals surface area contributed by atoms with Crippen LogP contribution in [-0.2, 0) is 4.79 Å². The number of fused-ring (bicyclic) bond motifs is 2. The molecule has 0 radical (unpaired) electrons. The molecule has 128 valence electrons. The smallest absolute Gasteiger partial charge is 0.169 e. The summed E-state index contributed by atoms with van der Waals surface area (Å²) in [7, 11) is 0. The number of Topliss-reactive ketones (excluding diaryl/α,β-unsaturated/α-hetero) is 1. The van der Waals surface area contributed by atoms with E-state index in [1.165, 1.54) is 12.1 Å². The van der Waals surface area contributed by atoms with E-state index < -0.39 is 5.82 Å². The summed E-state index contributed by atoms with van der Waals surface area (Å²) in [4.78, 5) is 12.8. The van der Waals surface area contributed by atoms with Gasteiger partial charge >= 0.3 is 0 Å². The van der Waals surface area contributed by atoms with Crippen molar-refractivity contribution in [2.24, 2.45) is 11.8 Å². The molecule has 1 N–H and O–H groups in total. The topological polar surface area (TPSA) is 37.3 Å². The summed E-state index contributed by atoms with van der Waals surface area (Å²) in [6.07, 6.45) is 2.47. The lowest BCUT2D eigenvalue weighted by Crippen LogP contribution is -2.21. The number of allylic oxidation sites excluding steroid dienone is 2. The van der Waals surface area contributed by atoms with Crippen LogP contribution in [0.4, 0.5) is 4.39 Å². The van der Waals surface area contributed by atoms with Crippen molar-refractivity contribution in [2.45, 2.75) is 26.2 Å². The second kappa shape index (κ2) is 5.99. The molecule has 0 heterocycles. The van der Waals surface area contributed by atoms with Gasteiger partial charge in [0.2, 0.25) is 0 Å². The number of carbonyl (C=O) groups is 1. The lowest BCUT2D eigenvalue weighted by molar-refractivity contribution is -0.117. The third-order valence-corrected chi connectivity index (χ3v) is 5.76. The van der Waals surface area contributed by atoms with E-state index >= 15 is 0 Å². The molecule has 0 saturated heterocycles. The molecule has 2 atom stereocenters. The van der Waals surface area contributed by atoms with Gasteiger partial charge in [-0.1, -0.05) is 29.8 Å². The van der Waals surface area contributed by atoms with E-state index in [1.807, 2.05) is 25.1 Å². The molecule has 4 heteroatoms. The van der Waals surface area contributed by atoms with Crippen LogP contribution in [0.3, 0.4) is 0 Å². The predicted molar refractivity (Wildman–Crippen MR) is 97.0 cm³/mol. The third-order valence-electron chi connectivity index (χ3n) is 5.45. The van der Waals surface area contributed by atoms with Crippen LogP contribution in [0.25, 0.3) is 16.7 Å². The van der Waals surface area contributed by atoms with Crippen LogP contribution in [0.2, 0.25) is 5.02 Å². The molecular formula is C21H18ClFO2. The first-order valence-corrected chi connectivity index (χ1v) is 8.87. The van der Waals surface area contributed by atoms with Crippen molar-refractivity contribution in [1.82, 2.24) is 0 Å². The quantitative estimate of drug-likeness (QED) is 0.746. The van der Waals surface area contributed by atoms with Gasteiger partial charge < -0.3 is 5.11 Å². The molecule has 2 nitrogen and oxygen atoms in total. The van der Waals surface area contributed by atoms with Crippen molar-refractivity contribution in [3.63, 3.8) is 0 Å². The summed E-state index contributed by atoms with van der Waals surface area (Å²) in [6.45, 7) is 1.92. The molecule has 25 heavy (non-hydrogen) atoms. The fraction of sp³-hybridized carbons (Fsp3) is 0.286. The fourth-order valence-electron chi connectivity index (χ4n) is 4.02. The minimum Gasteiger partial charge on any atom is -0.511 e. The number of aliphatic hydroxyl groups excluding tert-OH is 1. The van der Waals surface area contributed by atoms with E-state index in [-0.39, 0.29) is 28.4 Å². The Morgan fingerprint density at radius 2 is 1.76 bits per heavy atom. The first-order valence-electron chi connectivity index (χ1n) is 8.49. The van der Waals surface area contributed by atoms with Gasteiger partial charge in [-0.15, -0.1) is 0 Å². The summed E-state index contributed by atoms with van der Waals surface area (Å²) in [5.41, 5.74) is 3.60. The zero-order valence-corrected chi connectivity index (χ0v) is 14.6. The summed E-state index contributed by atoms with van der Waals surface area (Å²) in [5.74, 6) is -0.106. The highest BCUT2D eigenvalue weighted by molar-refractivity contribution is 6.30. The van der Waals surface area contributed by atoms with Crippen molar-refractivity contribution in [3.8, 4) is 11.1 Å². The summed E-state index contributed by atoms with van der Waals surface area (Å²) in [5, 5.41) is 10.7.